The molecular formula is C21H18N2OS2. The van der Waals surface area contributed by atoms with E-state index in [2.05, 4.69) is 23.1 Å². The third-order valence-electron chi connectivity index (χ3n) is 4.48. The van der Waals surface area contributed by atoms with E-state index >= 15 is 0 Å². The number of para-hydroxylation sites is 2. The van der Waals surface area contributed by atoms with Gasteiger partial charge in [-0.1, -0.05) is 42.5 Å². The lowest BCUT2D eigenvalue weighted by molar-refractivity contribution is 0.101. The summed E-state index contributed by atoms with van der Waals surface area (Å²) in [6.07, 6.45) is 2.06. The van der Waals surface area contributed by atoms with Gasteiger partial charge in [0.1, 0.15) is 0 Å². The zero-order valence-electron chi connectivity index (χ0n) is 14.2. The Balaban J connectivity index is 1.75. The molecule has 26 heavy (non-hydrogen) atoms. The number of hydrogen-bond acceptors (Lipinski definition) is 3. The number of aryl methyl sites for hydroxylation is 1. The zero-order valence-corrected chi connectivity index (χ0v) is 15.8. The van der Waals surface area contributed by atoms with Crippen molar-refractivity contribution in [3.8, 4) is 0 Å². The molecule has 0 bridgehead atoms. The first-order valence-electron chi connectivity index (χ1n) is 8.58. The van der Waals surface area contributed by atoms with Gasteiger partial charge in [-0.2, -0.15) is 0 Å². The van der Waals surface area contributed by atoms with Crippen LogP contribution in [0, 0.1) is 0 Å². The molecule has 2 heterocycles. The molecule has 0 spiro atoms. The van der Waals surface area contributed by atoms with Crippen molar-refractivity contribution in [2.45, 2.75) is 12.8 Å². The fraction of sp³-hybridized carbons (Fsp3) is 0.143. The Labute approximate surface area is 162 Å². The van der Waals surface area contributed by atoms with Crippen molar-refractivity contribution in [2.75, 3.05) is 16.3 Å². The maximum absolute atomic E-state index is 13.2. The van der Waals surface area contributed by atoms with Gasteiger partial charge in [0.05, 0.1) is 10.6 Å². The summed E-state index contributed by atoms with van der Waals surface area (Å²) in [4.78, 5) is 17.7. The number of anilines is 2. The Bertz CT molecular complexity index is 922. The number of thiophene rings is 1. The molecule has 1 aliphatic rings. The summed E-state index contributed by atoms with van der Waals surface area (Å²) in [5, 5.41) is 2.44. The van der Waals surface area contributed by atoms with Gasteiger partial charge >= 0.3 is 0 Å². The van der Waals surface area contributed by atoms with Gasteiger partial charge in [0.25, 0.3) is 5.91 Å². The predicted molar refractivity (Wildman–Crippen MR) is 112 cm³/mol. The van der Waals surface area contributed by atoms with Crippen LogP contribution >= 0.6 is 23.6 Å². The van der Waals surface area contributed by atoms with E-state index in [-0.39, 0.29) is 5.91 Å². The maximum atomic E-state index is 13.2. The molecule has 0 unspecified atom stereocenters. The van der Waals surface area contributed by atoms with Gasteiger partial charge in [-0.3, -0.25) is 9.69 Å². The summed E-state index contributed by atoms with van der Waals surface area (Å²) in [7, 11) is 0. The minimum atomic E-state index is -0.0840. The molecule has 1 amide bonds. The first-order valence-corrected chi connectivity index (χ1v) is 9.87. The third kappa shape index (κ3) is 3.16. The third-order valence-corrected chi connectivity index (χ3v) is 5.74. The first kappa shape index (κ1) is 16.9. The number of carbonyl (C=O) groups excluding carboxylic acids is 1. The van der Waals surface area contributed by atoms with Crippen molar-refractivity contribution in [2.24, 2.45) is 0 Å². The predicted octanol–water partition coefficient (Wildman–Crippen LogP) is 5.13. The Hall–Kier alpha value is -2.50. The number of thiocarbonyl (C=S) groups is 1. The molecule has 0 aliphatic carbocycles. The largest absolute Gasteiger partial charge is 0.318 e. The van der Waals surface area contributed by atoms with Crippen LogP contribution < -0.4 is 9.80 Å². The number of rotatable bonds is 2. The quantitative estimate of drug-likeness (QED) is 0.578. The SMILES string of the molecule is O=C(c1cccs1)N(C(=S)N1CCCc2ccccc21)c1ccccc1. The highest BCUT2D eigenvalue weighted by molar-refractivity contribution is 7.81. The van der Waals surface area contributed by atoms with Crippen molar-refractivity contribution < 1.29 is 4.79 Å². The van der Waals surface area contributed by atoms with Crippen LogP contribution in [0.4, 0.5) is 11.4 Å². The Morgan fingerprint density at radius 1 is 1.00 bits per heavy atom. The van der Waals surface area contributed by atoms with E-state index in [1.54, 1.807) is 4.90 Å². The molecule has 0 saturated heterocycles. The van der Waals surface area contributed by atoms with Crippen LogP contribution in [-0.2, 0) is 6.42 Å². The monoisotopic (exact) mass is 378 g/mol. The molecule has 3 nitrogen and oxygen atoms in total. The van der Waals surface area contributed by atoms with Crippen LogP contribution in [0.1, 0.15) is 21.7 Å². The second-order valence-corrected chi connectivity index (χ2v) is 7.43. The molecule has 0 atom stereocenters. The van der Waals surface area contributed by atoms with E-state index in [1.165, 1.54) is 16.9 Å². The molecule has 130 valence electrons. The number of nitrogens with zero attached hydrogens (tertiary/aromatic N) is 2. The summed E-state index contributed by atoms with van der Waals surface area (Å²) in [6, 6.07) is 21.7. The lowest BCUT2D eigenvalue weighted by Gasteiger charge is -2.36. The second-order valence-electron chi connectivity index (χ2n) is 6.12. The van der Waals surface area contributed by atoms with Crippen LogP contribution in [0.2, 0.25) is 0 Å². The minimum absolute atomic E-state index is 0.0840. The molecule has 5 heteroatoms. The van der Waals surface area contributed by atoms with Gasteiger partial charge in [0, 0.05) is 12.2 Å². The highest BCUT2D eigenvalue weighted by atomic mass is 32.1. The van der Waals surface area contributed by atoms with Crippen molar-refractivity contribution in [3.05, 3.63) is 82.6 Å². The molecule has 0 N–H and O–H groups in total. The first-order chi connectivity index (χ1) is 12.8. The summed E-state index contributed by atoms with van der Waals surface area (Å²) in [6.45, 7) is 0.816. The van der Waals surface area contributed by atoms with Crippen LogP contribution in [0.5, 0.6) is 0 Å². The van der Waals surface area contributed by atoms with Gasteiger partial charge in [-0.25, -0.2) is 0 Å². The molecule has 0 saturated carbocycles. The van der Waals surface area contributed by atoms with Gasteiger partial charge in [-0.05, 0) is 60.3 Å². The Morgan fingerprint density at radius 2 is 1.77 bits per heavy atom. The molecule has 3 aromatic rings. The van der Waals surface area contributed by atoms with E-state index in [9.17, 15) is 4.79 Å². The van der Waals surface area contributed by atoms with Gasteiger partial charge in [-0.15, -0.1) is 11.3 Å². The van der Waals surface area contributed by atoms with Crippen molar-refractivity contribution in [1.82, 2.24) is 0 Å². The molecule has 0 fully saturated rings. The van der Waals surface area contributed by atoms with Gasteiger partial charge in [0.2, 0.25) is 0 Å². The summed E-state index contributed by atoms with van der Waals surface area (Å²) in [5.74, 6) is -0.0840. The topological polar surface area (TPSA) is 23.6 Å². The number of carbonyl (C=O) groups is 1. The summed E-state index contributed by atoms with van der Waals surface area (Å²) in [5.41, 5.74) is 3.17. The Kier molecular flexibility index (Phi) is 4.82. The molecule has 2 aromatic carbocycles. The smallest absolute Gasteiger partial charge is 0.274 e. The van der Waals surface area contributed by atoms with E-state index in [0.717, 1.165) is 30.8 Å². The zero-order chi connectivity index (χ0) is 17.9. The normalized spacial score (nSPS) is 13.2. The van der Waals surface area contributed by atoms with Crippen molar-refractivity contribution in [1.29, 1.82) is 0 Å². The van der Waals surface area contributed by atoms with Crippen molar-refractivity contribution in [3.63, 3.8) is 0 Å². The summed E-state index contributed by atoms with van der Waals surface area (Å²) < 4.78 is 0. The molecule has 1 aromatic heterocycles. The van der Waals surface area contributed by atoms with Crippen LogP contribution in [0.15, 0.2) is 72.1 Å². The van der Waals surface area contributed by atoms with Crippen LogP contribution in [0.25, 0.3) is 0 Å². The number of hydrogen-bond donors (Lipinski definition) is 0. The highest BCUT2D eigenvalue weighted by Gasteiger charge is 2.29. The molecule has 1 aliphatic heterocycles. The lowest BCUT2D eigenvalue weighted by Crippen LogP contribution is -2.48. The average Bonchev–Trinajstić information content (AvgIpc) is 3.23. The lowest BCUT2D eigenvalue weighted by atomic mass is 10.0. The molecule has 4 rings (SSSR count). The van der Waals surface area contributed by atoms with E-state index in [1.807, 2.05) is 53.9 Å². The molecule has 0 radical (unpaired) electrons. The summed E-state index contributed by atoms with van der Waals surface area (Å²) >= 11 is 7.27. The van der Waals surface area contributed by atoms with Gasteiger partial charge in [0.15, 0.2) is 5.11 Å². The van der Waals surface area contributed by atoms with E-state index in [4.69, 9.17) is 12.2 Å². The number of amides is 1. The highest BCUT2D eigenvalue weighted by Crippen LogP contribution is 2.30. The number of benzene rings is 2. The average molecular weight is 379 g/mol. The Morgan fingerprint density at radius 3 is 2.54 bits per heavy atom. The second kappa shape index (κ2) is 7.40. The van der Waals surface area contributed by atoms with E-state index in [0.29, 0.717) is 9.99 Å². The fourth-order valence-corrected chi connectivity index (χ4v) is 4.29. The maximum Gasteiger partial charge on any atom is 0.274 e. The number of fused-ring (bicyclic) bond motifs is 1. The van der Waals surface area contributed by atoms with Gasteiger partial charge < -0.3 is 4.90 Å². The standard InChI is InChI=1S/C21H18N2OS2/c24-20(19-13-7-15-26-19)23(17-10-2-1-3-11-17)21(25)22-14-6-9-16-8-4-5-12-18(16)22/h1-5,7-8,10-13,15H,6,9,14H2. The minimum Gasteiger partial charge on any atom is -0.318 e. The van der Waals surface area contributed by atoms with E-state index < -0.39 is 0 Å². The van der Waals surface area contributed by atoms with Crippen molar-refractivity contribution >= 4 is 45.9 Å². The van der Waals surface area contributed by atoms with Crippen LogP contribution in [0.3, 0.4) is 0 Å². The van der Waals surface area contributed by atoms with Crippen LogP contribution in [-0.4, -0.2) is 17.6 Å². The fourth-order valence-electron chi connectivity index (χ4n) is 3.26. The molecular weight excluding hydrogens is 360 g/mol.